The summed E-state index contributed by atoms with van der Waals surface area (Å²) >= 11 is 12.3. The van der Waals surface area contributed by atoms with Crippen LogP contribution in [0.5, 0.6) is 0 Å². The first-order chi connectivity index (χ1) is 9.59. The van der Waals surface area contributed by atoms with E-state index in [9.17, 15) is 9.90 Å². The summed E-state index contributed by atoms with van der Waals surface area (Å²) in [7, 11) is 0. The van der Waals surface area contributed by atoms with E-state index in [2.05, 4.69) is 4.98 Å². The summed E-state index contributed by atoms with van der Waals surface area (Å²) < 4.78 is 1.60. The molecule has 1 aromatic heterocycles. The van der Waals surface area contributed by atoms with Crippen molar-refractivity contribution in [1.29, 1.82) is 0 Å². The summed E-state index contributed by atoms with van der Waals surface area (Å²) in [4.78, 5) is 15.6. The second-order valence-electron chi connectivity index (χ2n) is 4.16. The lowest BCUT2D eigenvalue weighted by atomic mass is 10.2. The molecule has 1 N–H and O–H groups in total. The first-order valence-corrected chi connectivity index (χ1v) is 6.49. The highest BCUT2D eigenvalue weighted by Crippen LogP contribution is 2.31. The van der Waals surface area contributed by atoms with Crippen molar-refractivity contribution < 1.29 is 9.90 Å². The Bertz CT molecular complexity index is 807. The molecule has 0 atom stereocenters. The fourth-order valence-corrected chi connectivity index (χ4v) is 2.71. The molecule has 0 aliphatic heterocycles. The molecular weight excluding hydrogens is 299 g/mol. The minimum Gasteiger partial charge on any atom is -0.478 e. The molecule has 0 fully saturated rings. The number of carboxylic acid groups (broad SMARTS) is 1. The number of hydrogen-bond acceptors (Lipinski definition) is 2. The lowest BCUT2D eigenvalue weighted by molar-refractivity contribution is 0.0698. The molecule has 0 saturated carbocycles. The number of fused-ring (bicyclic) bond motifs is 1. The normalized spacial score (nSPS) is 10.9. The van der Waals surface area contributed by atoms with Crippen molar-refractivity contribution in [3.63, 3.8) is 0 Å². The summed E-state index contributed by atoms with van der Waals surface area (Å²) in [6, 6.07) is 10.0. The van der Waals surface area contributed by atoms with Crippen molar-refractivity contribution in [3.05, 3.63) is 58.3 Å². The number of nitrogens with zero attached hydrogens (tertiary/aromatic N) is 2. The number of carbonyl (C=O) groups is 1. The lowest BCUT2D eigenvalue weighted by Crippen LogP contribution is -2.02. The van der Waals surface area contributed by atoms with E-state index in [-0.39, 0.29) is 5.56 Å². The van der Waals surface area contributed by atoms with Crippen LogP contribution in [0.3, 0.4) is 0 Å². The number of aromatic nitrogens is 2. The molecule has 100 valence electrons. The molecular formula is C14H8Cl2N2O2. The molecule has 0 aliphatic carbocycles. The highest BCUT2D eigenvalue weighted by molar-refractivity contribution is 6.37. The number of rotatable bonds is 2. The topological polar surface area (TPSA) is 55.1 Å². The molecule has 0 saturated heterocycles. The Labute approximate surface area is 124 Å². The van der Waals surface area contributed by atoms with Crippen LogP contribution in [0.1, 0.15) is 10.4 Å². The largest absolute Gasteiger partial charge is 0.478 e. The monoisotopic (exact) mass is 306 g/mol. The third kappa shape index (κ3) is 1.94. The Kier molecular flexibility index (Phi) is 3.12. The molecule has 0 unspecified atom stereocenters. The summed E-state index contributed by atoms with van der Waals surface area (Å²) in [5.74, 6) is -1.03. The zero-order valence-electron chi connectivity index (χ0n) is 10.0. The van der Waals surface area contributed by atoms with Crippen LogP contribution in [-0.2, 0) is 0 Å². The molecule has 0 spiro atoms. The molecule has 4 nitrogen and oxygen atoms in total. The van der Waals surface area contributed by atoms with Gasteiger partial charge in [-0.15, -0.1) is 0 Å². The summed E-state index contributed by atoms with van der Waals surface area (Å²) in [5, 5.41) is 10.2. The number of carboxylic acids is 1. The van der Waals surface area contributed by atoms with Crippen LogP contribution in [0.25, 0.3) is 16.7 Å². The zero-order valence-corrected chi connectivity index (χ0v) is 11.6. The van der Waals surface area contributed by atoms with Crippen LogP contribution in [0.2, 0.25) is 10.0 Å². The van der Waals surface area contributed by atoms with E-state index in [0.29, 0.717) is 26.8 Å². The van der Waals surface area contributed by atoms with Crippen molar-refractivity contribution in [2.24, 2.45) is 0 Å². The number of halogens is 2. The number of para-hydroxylation sites is 2. The van der Waals surface area contributed by atoms with Gasteiger partial charge in [0.2, 0.25) is 0 Å². The zero-order chi connectivity index (χ0) is 14.3. The Hall–Kier alpha value is -2.04. The Morgan fingerprint density at radius 1 is 1.10 bits per heavy atom. The quantitative estimate of drug-likeness (QED) is 0.777. The molecule has 3 aromatic rings. The van der Waals surface area contributed by atoms with Gasteiger partial charge in [-0.05, 0) is 24.3 Å². The Morgan fingerprint density at radius 2 is 1.75 bits per heavy atom. The smallest absolute Gasteiger partial charge is 0.337 e. The van der Waals surface area contributed by atoms with Gasteiger partial charge < -0.3 is 5.11 Å². The molecule has 20 heavy (non-hydrogen) atoms. The summed E-state index contributed by atoms with van der Waals surface area (Å²) in [6.45, 7) is 0. The van der Waals surface area contributed by atoms with Gasteiger partial charge in [-0.25, -0.2) is 9.78 Å². The van der Waals surface area contributed by atoms with Crippen LogP contribution in [0, 0.1) is 0 Å². The fraction of sp³-hybridized carbons (Fsp3) is 0. The molecule has 0 amide bonds. The lowest BCUT2D eigenvalue weighted by Gasteiger charge is -2.10. The number of aromatic carboxylic acids is 1. The highest BCUT2D eigenvalue weighted by atomic mass is 35.5. The van der Waals surface area contributed by atoms with Crippen molar-refractivity contribution in [2.45, 2.75) is 0 Å². The van der Waals surface area contributed by atoms with Crippen molar-refractivity contribution in [1.82, 2.24) is 9.55 Å². The van der Waals surface area contributed by atoms with Crippen LogP contribution in [0.4, 0.5) is 0 Å². The van der Waals surface area contributed by atoms with E-state index in [1.165, 1.54) is 12.4 Å². The van der Waals surface area contributed by atoms with Crippen LogP contribution < -0.4 is 0 Å². The molecule has 6 heteroatoms. The van der Waals surface area contributed by atoms with Crippen LogP contribution >= 0.6 is 23.2 Å². The van der Waals surface area contributed by atoms with Gasteiger partial charge in [0.1, 0.15) is 6.33 Å². The van der Waals surface area contributed by atoms with E-state index < -0.39 is 5.97 Å². The second-order valence-corrected chi connectivity index (χ2v) is 4.98. The maximum atomic E-state index is 11.4. The van der Waals surface area contributed by atoms with E-state index in [0.717, 1.165) is 0 Å². The number of benzene rings is 2. The molecule has 2 aromatic carbocycles. The van der Waals surface area contributed by atoms with Gasteiger partial charge in [0, 0.05) is 0 Å². The number of hydrogen-bond donors (Lipinski definition) is 1. The average molecular weight is 307 g/mol. The maximum absolute atomic E-state index is 11.4. The third-order valence-electron chi connectivity index (χ3n) is 2.98. The van der Waals surface area contributed by atoms with Gasteiger partial charge in [-0.3, -0.25) is 4.57 Å². The van der Waals surface area contributed by atoms with E-state index in [4.69, 9.17) is 23.2 Å². The van der Waals surface area contributed by atoms with Gasteiger partial charge >= 0.3 is 5.97 Å². The molecule has 3 rings (SSSR count). The molecule has 0 radical (unpaired) electrons. The van der Waals surface area contributed by atoms with E-state index in [1.807, 2.05) is 0 Å². The third-order valence-corrected chi connectivity index (χ3v) is 3.59. The predicted molar refractivity (Wildman–Crippen MR) is 78.0 cm³/mol. The standard InChI is InChI=1S/C14H8Cl2N2O2/c15-9-4-2-5-10(16)13(9)18-7-17-11-6-1-3-8(12(11)18)14(19)20/h1-7H,(H,19,20). The Morgan fingerprint density at radius 3 is 2.40 bits per heavy atom. The van der Waals surface area contributed by atoms with Gasteiger partial charge in [0.25, 0.3) is 0 Å². The first-order valence-electron chi connectivity index (χ1n) is 5.73. The summed E-state index contributed by atoms with van der Waals surface area (Å²) in [6.07, 6.45) is 1.52. The average Bonchev–Trinajstić information content (AvgIpc) is 2.82. The van der Waals surface area contributed by atoms with Crippen LogP contribution in [-0.4, -0.2) is 20.6 Å². The summed E-state index contributed by atoms with van der Waals surface area (Å²) in [5.41, 5.74) is 1.71. The van der Waals surface area contributed by atoms with Gasteiger partial charge in [-0.1, -0.05) is 35.3 Å². The van der Waals surface area contributed by atoms with Gasteiger partial charge in [0.15, 0.2) is 0 Å². The van der Waals surface area contributed by atoms with Crippen molar-refractivity contribution in [3.8, 4) is 5.69 Å². The molecule has 0 bridgehead atoms. The fourth-order valence-electron chi connectivity index (χ4n) is 2.13. The highest BCUT2D eigenvalue weighted by Gasteiger charge is 2.17. The second kappa shape index (κ2) is 4.81. The molecule has 0 aliphatic rings. The minimum absolute atomic E-state index is 0.149. The van der Waals surface area contributed by atoms with Crippen LogP contribution in [0.15, 0.2) is 42.7 Å². The van der Waals surface area contributed by atoms with Crippen molar-refractivity contribution in [2.75, 3.05) is 0 Å². The Balaban J connectivity index is 2.41. The van der Waals surface area contributed by atoms with Gasteiger partial charge in [-0.2, -0.15) is 0 Å². The molecule has 1 heterocycles. The predicted octanol–water partition coefficient (Wildman–Crippen LogP) is 4.03. The van der Waals surface area contributed by atoms with Gasteiger partial charge in [0.05, 0.1) is 32.3 Å². The van der Waals surface area contributed by atoms with E-state index in [1.54, 1.807) is 34.9 Å². The maximum Gasteiger partial charge on any atom is 0.337 e. The van der Waals surface area contributed by atoms with Crippen molar-refractivity contribution >= 4 is 40.2 Å². The first kappa shape index (κ1) is 13.0. The minimum atomic E-state index is -1.03. The number of imidazole rings is 1. The SMILES string of the molecule is O=C(O)c1cccc2ncn(-c3c(Cl)cccc3Cl)c12. The van der Waals surface area contributed by atoms with E-state index >= 15 is 0 Å².